The number of rotatable bonds is 19. The van der Waals surface area contributed by atoms with E-state index in [-0.39, 0.29) is 80.3 Å². The number of nitrogens with two attached hydrogens (primary N) is 3. The Morgan fingerprint density at radius 1 is 0.456 bits per heavy atom. The van der Waals surface area contributed by atoms with Crippen molar-refractivity contribution < 1.29 is 67.5 Å². The number of hydroxylamine groups is 4. The maximum absolute atomic E-state index is 13.5. The van der Waals surface area contributed by atoms with Crippen LogP contribution in [0.5, 0.6) is 46.0 Å². The lowest BCUT2D eigenvalue weighted by molar-refractivity contribution is -0.147. The molecule has 0 saturated heterocycles. The van der Waals surface area contributed by atoms with E-state index in [1.165, 1.54) is 66.7 Å². The quantitative estimate of drug-likeness (QED) is 0.00898. The Hall–Kier alpha value is -11.0. The maximum atomic E-state index is 13.5. The Balaban J connectivity index is 0.000000251. The molecule has 2 saturated carbocycles. The first-order valence-electron chi connectivity index (χ1n) is 28.5. The molecule has 0 spiro atoms. The summed E-state index contributed by atoms with van der Waals surface area (Å²) < 4.78 is 40.9. The SMILES string of the molecule is CC(=O)N(O)C(=N)c1ccc(Oc2cc(Oc3ccc(C(=N)N(O)C(C)=O)cc3)cc(C(=O)OC3CCC(NC(=O)OCc4ccccc4)CC3)c2)cc1.N=C(N)c1ccc(Oc2cc(Oc3ccc(C(=N)N)cc3)cc(C(=O)OC3CCC(N)CC3)c2)cc1. The molecule has 2 fully saturated rings. The normalized spacial score (nSPS) is 15.8. The third-order valence-corrected chi connectivity index (χ3v) is 14.3. The van der Waals surface area contributed by atoms with Crippen molar-refractivity contribution in [3.8, 4) is 46.0 Å². The van der Waals surface area contributed by atoms with Crippen LogP contribution < -0.4 is 41.5 Å². The number of amidine groups is 4. The third-order valence-electron chi connectivity index (χ3n) is 14.3. The van der Waals surface area contributed by atoms with Gasteiger partial charge in [-0.25, -0.2) is 14.4 Å². The molecule has 7 aromatic rings. The van der Waals surface area contributed by atoms with E-state index in [1.54, 1.807) is 66.7 Å². The maximum Gasteiger partial charge on any atom is 0.407 e. The second kappa shape index (κ2) is 30.6. The van der Waals surface area contributed by atoms with E-state index in [0.29, 0.717) is 71.3 Å². The molecule has 466 valence electrons. The molecule has 2 aliphatic rings. The second-order valence-corrected chi connectivity index (χ2v) is 21.1. The van der Waals surface area contributed by atoms with Crippen LogP contribution in [0, 0.1) is 21.6 Å². The van der Waals surface area contributed by atoms with Gasteiger partial charge in [0.2, 0.25) is 11.8 Å². The molecule has 9 rings (SSSR count). The van der Waals surface area contributed by atoms with Gasteiger partial charge in [-0.15, -0.1) is 0 Å². The lowest BCUT2D eigenvalue weighted by Gasteiger charge is -2.28. The van der Waals surface area contributed by atoms with Crippen molar-refractivity contribution >= 4 is 53.2 Å². The van der Waals surface area contributed by atoms with Gasteiger partial charge in [-0.2, -0.15) is 10.1 Å². The molecule has 0 aromatic heterocycles. The minimum atomic E-state index is -0.722. The number of hydrogen-bond acceptors (Lipinski definition) is 19. The number of carbonyl (C=O) groups excluding carboxylic acids is 5. The first kappa shape index (κ1) is 65.0. The number of nitrogen functional groups attached to an aromatic ring is 2. The minimum Gasteiger partial charge on any atom is -0.459 e. The fourth-order valence-corrected chi connectivity index (χ4v) is 9.39. The Labute approximate surface area is 517 Å². The van der Waals surface area contributed by atoms with Crippen LogP contribution in [0.4, 0.5) is 4.79 Å². The van der Waals surface area contributed by atoms with E-state index in [4.69, 9.17) is 72.0 Å². The summed E-state index contributed by atoms with van der Waals surface area (Å²) in [6.07, 6.45) is 4.21. The van der Waals surface area contributed by atoms with Crippen LogP contribution in [0.1, 0.15) is 114 Å². The monoisotopic (exact) mass is 1220 g/mol. The van der Waals surface area contributed by atoms with Crippen molar-refractivity contribution in [3.63, 3.8) is 0 Å². The Morgan fingerprint density at radius 3 is 1.12 bits per heavy atom. The Bertz CT molecular complexity index is 3550. The largest absolute Gasteiger partial charge is 0.459 e. The van der Waals surface area contributed by atoms with Gasteiger partial charge in [0, 0.05) is 60.3 Å². The van der Waals surface area contributed by atoms with Gasteiger partial charge in [0.25, 0.3) is 0 Å². The van der Waals surface area contributed by atoms with Gasteiger partial charge in [0.15, 0.2) is 11.7 Å². The minimum absolute atomic E-state index is 0.0403. The van der Waals surface area contributed by atoms with Crippen LogP contribution in [-0.4, -0.2) is 98.0 Å². The predicted octanol–water partition coefficient (Wildman–Crippen LogP) is 11.1. The first-order chi connectivity index (χ1) is 43.1. The van der Waals surface area contributed by atoms with Gasteiger partial charge in [-0.3, -0.25) is 41.6 Å². The lowest BCUT2D eigenvalue weighted by atomic mass is 9.93. The number of ether oxygens (including phenoxy) is 7. The number of carbonyl (C=O) groups is 5. The summed E-state index contributed by atoms with van der Waals surface area (Å²) in [6.45, 7) is 2.40. The number of nitrogens with one attached hydrogen (secondary N) is 5. The van der Waals surface area contributed by atoms with Gasteiger partial charge in [-0.05, 0) is 178 Å². The van der Waals surface area contributed by atoms with Crippen LogP contribution in [-0.2, 0) is 30.4 Å². The van der Waals surface area contributed by atoms with Crippen LogP contribution in [0.15, 0.2) is 164 Å². The number of esters is 2. The van der Waals surface area contributed by atoms with Crippen LogP contribution >= 0.6 is 0 Å². The molecule has 24 nitrogen and oxygen atoms in total. The second-order valence-electron chi connectivity index (χ2n) is 21.1. The summed E-state index contributed by atoms with van der Waals surface area (Å²) in [7, 11) is 0. The number of hydrogen-bond donors (Lipinski definition) is 10. The first-order valence-corrected chi connectivity index (χ1v) is 28.5. The Morgan fingerprint density at radius 2 is 0.789 bits per heavy atom. The molecule has 90 heavy (non-hydrogen) atoms. The van der Waals surface area contributed by atoms with Gasteiger partial charge < -0.3 is 55.7 Å². The zero-order valence-electron chi connectivity index (χ0n) is 49.2. The molecule has 0 atom stereocenters. The average Bonchev–Trinajstić information content (AvgIpc) is 1.52. The summed E-state index contributed by atoms with van der Waals surface area (Å²) in [4.78, 5) is 61.8. The summed E-state index contributed by atoms with van der Waals surface area (Å²) in [6, 6.07) is 44.2. The molecule has 2 aliphatic carbocycles. The molecular weight excluding hydrogens is 1160 g/mol. The zero-order chi connectivity index (χ0) is 64.4. The van der Waals surface area contributed by atoms with Crippen LogP contribution in [0.2, 0.25) is 0 Å². The number of amides is 3. The smallest absolute Gasteiger partial charge is 0.407 e. The summed E-state index contributed by atoms with van der Waals surface area (Å²) in [5, 5.41) is 54.0. The third kappa shape index (κ3) is 18.8. The van der Waals surface area contributed by atoms with E-state index in [2.05, 4.69) is 5.32 Å². The molecule has 7 aromatic carbocycles. The standard InChI is InChI=1S/C39H39N5O10.C27H29N5O4/c1-24(45)43(49)36(40)27-8-14-31(15-9-27)52-34-20-29(21-35(22-34)53-32-16-10-28(11-17-32)37(41)44(50)25(2)46)38(47)54-33-18-12-30(13-19-33)42-39(48)51-23-26-6-4-3-5-7-26;28-19-5-11-22(12-6-19)36-27(33)18-13-23(34-20-7-1-16(2-8-20)25(29)30)15-24(14-18)35-21-9-3-17(4-10-21)26(31)32/h3-11,14-17,20-22,30,33,40-41,49-50H,12-13,18-19,23H2,1-2H3,(H,42,48);1-4,7-10,13-15,19,22H,5-6,11-12,28H2,(H3,29,30)(H3,31,32). The van der Waals surface area contributed by atoms with Crippen molar-refractivity contribution in [3.05, 3.63) is 203 Å². The molecule has 24 heteroatoms. The fraction of sp³-hybridized carbons (Fsp3) is 0.227. The van der Waals surface area contributed by atoms with Crippen LogP contribution in [0.25, 0.3) is 0 Å². The topological polar surface area (TPSA) is 382 Å². The van der Waals surface area contributed by atoms with Crippen molar-refractivity contribution in [2.45, 2.75) is 96.1 Å². The van der Waals surface area contributed by atoms with E-state index in [1.807, 2.05) is 30.3 Å². The van der Waals surface area contributed by atoms with Gasteiger partial charge in [-0.1, -0.05) is 30.3 Å². The summed E-state index contributed by atoms with van der Waals surface area (Å²) in [5.41, 5.74) is 20.0. The van der Waals surface area contributed by atoms with Crippen LogP contribution in [0.3, 0.4) is 0 Å². The summed E-state index contributed by atoms with van der Waals surface area (Å²) in [5.74, 6) is -0.680. The Kier molecular flexibility index (Phi) is 22.1. The zero-order valence-corrected chi connectivity index (χ0v) is 49.2. The van der Waals surface area contributed by atoms with Gasteiger partial charge >= 0.3 is 18.0 Å². The van der Waals surface area contributed by atoms with Crippen molar-refractivity contribution in [2.24, 2.45) is 17.2 Å². The molecule has 0 radical (unpaired) electrons. The molecule has 13 N–H and O–H groups in total. The van der Waals surface area contributed by atoms with E-state index >= 15 is 0 Å². The highest BCUT2D eigenvalue weighted by Crippen LogP contribution is 2.35. The lowest BCUT2D eigenvalue weighted by Crippen LogP contribution is -2.39. The van der Waals surface area contributed by atoms with E-state index < -0.39 is 47.6 Å². The van der Waals surface area contributed by atoms with Crippen molar-refractivity contribution in [1.82, 2.24) is 15.4 Å². The molecule has 0 heterocycles. The molecule has 0 bridgehead atoms. The fourth-order valence-electron chi connectivity index (χ4n) is 9.39. The summed E-state index contributed by atoms with van der Waals surface area (Å²) >= 11 is 0. The number of alkyl carbamates (subject to hydrolysis) is 1. The molecule has 0 aliphatic heterocycles. The van der Waals surface area contributed by atoms with Crippen molar-refractivity contribution in [1.29, 1.82) is 21.6 Å². The highest BCUT2D eigenvalue weighted by molar-refractivity contribution is 6.05. The molecular formula is C66H68N10O14. The van der Waals surface area contributed by atoms with Crippen molar-refractivity contribution in [2.75, 3.05) is 0 Å². The van der Waals surface area contributed by atoms with Gasteiger partial charge in [0.1, 0.15) is 76.5 Å². The molecule has 0 unspecified atom stereocenters. The van der Waals surface area contributed by atoms with E-state index in [9.17, 15) is 34.4 Å². The number of benzene rings is 7. The number of nitrogens with zero attached hydrogens (tertiary/aromatic N) is 2. The van der Waals surface area contributed by atoms with E-state index in [0.717, 1.165) is 45.1 Å². The average molecular weight is 1230 g/mol. The van der Waals surface area contributed by atoms with Gasteiger partial charge in [0.05, 0.1) is 11.1 Å². The highest BCUT2D eigenvalue weighted by atomic mass is 16.6. The predicted molar refractivity (Wildman–Crippen MR) is 330 cm³/mol. The molecule has 3 amide bonds. The highest BCUT2D eigenvalue weighted by Gasteiger charge is 2.28.